The Balaban J connectivity index is 1.24. The lowest BCUT2D eigenvalue weighted by Crippen LogP contribution is -2.54. The van der Waals surface area contributed by atoms with Crippen LogP contribution < -0.4 is 25.1 Å². The lowest BCUT2D eigenvalue weighted by atomic mass is 9.78. The number of esters is 1. The number of aromatic nitrogens is 1. The minimum absolute atomic E-state index is 0.0183. The van der Waals surface area contributed by atoms with Crippen molar-refractivity contribution in [1.82, 2.24) is 14.8 Å². The zero-order chi connectivity index (χ0) is 56.4. The number of carbonyl (C=O) groups is 6. The van der Waals surface area contributed by atoms with Crippen molar-refractivity contribution in [3.63, 3.8) is 0 Å². The van der Waals surface area contributed by atoms with Gasteiger partial charge in [-0.25, -0.2) is 9.18 Å². The molecule has 3 aromatic rings. The second-order valence-electron chi connectivity index (χ2n) is 21.0. The topological polar surface area (TPSA) is 270 Å². The first-order chi connectivity index (χ1) is 36.3. The molecule has 4 aliphatic heterocycles. The second-order valence-corrected chi connectivity index (χ2v) is 21.0. The number of halogens is 1. The van der Waals surface area contributed by atoms with Crippen LogP contribution in [0.25, 0.3) is 10.9 Å². The highest BCUT2D eigenvalue weighted by atomic mass is 19.1. The van der Waals surface area contributed by atoms with Crippen LogP contribution in [0.3, 0.4) is 0 Å². The van der Waals surface area contributed by atoms with Crippen molar-refractivity contribution in [2.75, 3.05) is 38.8 Å². The summed E-state index contributed by atoms with van der Waals surface area (Å²) < 4.78 is 47.8. The van der Waals surface area contributed by atoms with E-state index in [1.165, 1.54) is 66.3 Å². The molecule has 6 aliphatic rings. The van der Waals surface area contributed by atoms with Crippen molar-refractivity contribution in [3.05, 3.63) is 104 Å². The van der Waals surface area contributed by atoms with Crippen LogP contribution in [0.5, 0.6) is 17.2 Å². The molecule has 1 aromatic heterocycles. The van der Waals surface area contributed by atoms with E-state index in [9.17, 15) is 44.4 Å². The minimum atomic E-state index is -2.21. The van der Waals surface area contributed by atoms with E-state index in [0.717, 1.165) is 12.3 Å². The van der Waals surface area contributed by atoms with Crippen LogP contribution in [0.4, 0.5) is 10.1 Å². The zero-order valence-corrected chi connectivity index (χ0v) is 44.8. The molecule has 9 rings (SSSR count). The summed E-state index contributed by atoms with van der Waals surface area (Å²) >= 11 is 0. The molecule has 2 fully saturated rings. The van der Waals surface area contributed by atoms with Crippen LogP contribution >= 0.6 is 0 Å². The van der Waals surface area contributed by atoms with Gasteiger partial charge in [-0.1, -0.05) is 45.9 Å². The number of carboxylic acid groups (broad SMARTS) is 1. The number of ether oxygens (including phenoxy) is 5. The number of hydrogen-bond acceptors (Lipinski definition) is 17. The van der Waals surface area contributed by atoms with Crippen LogP contribution in [0, 0.1) is 36.4 Å². The molecule has 2 aromatic carbocycles. The van der Waals surface area contributed by atoms with Gasteiger partial charge in [0.1, 0.15) is 40.2 Å². The summed E-state index contributed by atoms with van der Waals surface area (Å²) in [6.45, 7) is 13.6. The van der Waals surface area contributed by atoms with Gasteiger partial charge in [-0.15, -0.1) is 0 Å². The number of benzene rings is 2. The third-order valence-electron chi connectivity index (χ3n) is 15.7. The lowest BCUT2D eigenvalue weighted by molar-refractivity contribution is -0.160. The van der Waals surface area contributed by atoms with Crippen molar-refractivity contribution in [3.8, 4) is 17.2 Å². The van der Waals surface area contributed by atoms with Crippen LogP contribution in [0.15, 0.2) is 64.6 Å². The number of phenolic OH excluding ortho intramolecular Hbond substituents is 1. The molecule has 20 nitrogen and oxygen atoms in total. The fourth-order valence-electron chi connectivity index (χ4n) is 11.2. The molecule has 5 bridgehead atoms. The van der Waals surface area contributed by atoms with Crippen LogP contribution in [0.2, 0.25) is 0 Å². The second kappa shape index (κ2) is 21.2. The number of carboxylic acids is 1. The van der Waals surface area contributed by atoms with E-state index < -0.39 is 134 Å². The maximum Gasteiger partial charge on any atom is 0.341 e. The van der Waals surface area contributed by atoms with Gasteiger partial charge in [0.15, 0.2) is 11.6 Å². The average molecular weight is 1070 g/mol. The number of amides is 1. The van der Waals surface area contributed by atoms with Crippen molar-refractivity contribution < 1.29 is 77.3 Å². The lowest BCUT2D eigenvalue weighted by Gasteiger charge is -2.44. The largest absolute Gasteiger partial charge is 0.507 e. The molecule has 0 radical (unpaired) electrons. The van der Waals surface area contributed by atoms with Crippen LogP contribution in [-0.4, -0.2) is 135 Å². The molecule has 5 heterocycles. The number of phenols is 1. The van der Waals surface area contributed by atoms with Crippen molar-refractivity contribution in [2.24, 2.45) is 23.7 Å². The first-order valence-electron chi connectivity index (χ1n) is 25.5. The highest BCUT2D eigenvalue weighted by Crippen LogP contribution is 2.50. The molecule has 1 saturated heterocycles. The monoisotopic (exact) mass is 1070 g/mol. The fraction of sp³-hybridized carbons (Fsp3) is 0.482. The summed E-state index contributed by atoms with van der Waals surface area (Å²) in [6.07, 6.45) is 5.54. The number of carbonyl (C=O) groups excluding carboxylic acids is 5. The fourth-order valence-corrected chi connectivity index (χ4v) is 11.2. The Morgan fingerprint density at radius 3 is 2.21 bits per heavy atom. The Hall–Kier alpha value is -7.36. The third-order valence-corrected chi connectivity index (χ3v) is 15.7. The quantitative estimate of drug-likeness (QED) is 0.179. The summed E-state index contributed by atoms with van der Waals surface area (Å²) in [4.78, 5) is 101. The zero-order valence-electron chi connectivity index (χ0n) is 44.8. The van der Waals surface area contributed by atoms with Gasteiger partial charge in [-0.2, -0.15) is 0 Å². The van der Waals surface area contributed by atoms with Crippen molar-refractivity contribution >= 4 is 51.8 Å². The van der Waals surface area contributed by atoms with E-state index in [2.05, 4.69) is 5.32 Å². The number of piperazine rings is 1. The van der Waals surface area contributed by atoms with E-state index in [-0.39, 0.29) is 76.2 Å². The van der Waals surface area contributed by atoms with Crippen molar-refractivity contribution in [2.45, 2.75) is 117 Å². The molecule has 2 aliphatic carbocycles. The standard InChI is InChI=1S/C56H65FN4O16/c1-24-13-12-14-25(2)54(70)58-40-43(60-19-18-59(22-26(60)3)42-35(57)21-33-41(52(42)74-11)61(32-15-16-32)23-34(47(33)66)55(71)72)49(68)37-38(48(40)67)46(65)30(7)51-39(37)53(69)56(9,77-51)75-20-17-36(73-10)27(4)50(76-31(8)62)29(6)45(64)28(5)44(24)63/h12-14,17,20-21,23-24,26-29,32,36,44-45,50,63-65H,15-16,18-19,22H2,1-11H3,(H,58,70)(H,71,72)/b13-12+,20-17+,25-14-/t24-,26?,27+,28+,29+,36-,44-,45+,50+,56-/m0/s1. The van der Waals surface area contributed by atoms with Gasteiger partial charge >= 0.3 is 17.7 Å². The molecule has 1 unspecified atom stereocenters. The smallest absolute Gasteiger partial charge is 0.341 e. The number of fused-ring (bicyclic) bond motifs is 15. The summed E-state index contributed by atoms with van der Waals surface area (Å²) in [7, 11) is 2.70. The Kier molecular flexibility index (Phi) is 15.4. The molecule has 1 saturated carbocycles. The number of ketones is 3. The number of hydrogen-bond donors (Lipinski definition) is 5. The number of rotatable bonds is 7. The number of nitrogens with zero attached hydrogens (tertiary/aromatic N) is 3. The van der Waals surface area contributed by atoms with E-state index in [0.29, 0.717) is 12.8 Å². The van der Waals surface area contributed by atoms with Gasteiger partial charge < -0.3 is 63.8 Å². The number of Topliss-reactive ketones (excluding diaryl/α,β-unsaturated/α-hetero) is 3. The number of aliphatic hydroxyl groups is 2. The van der Waals surface area contributed by atoms with Gasteiger partial charge in [0, 0.05) is 93.7 Å². The Labute approximate surface area is 443 Å². The first kappa shape index (κ1) is 55.9. The predicted molar refractivity (Wildman–Crippen MR) is 277 cm³/mol. The highest BCUT2D eigenvalue weighted by molar-refractivity contribution is 6.32. The van der Waals surface area contributed by atoms with Crippen molar-refractivity contribution in [1.29, 1.82) is 0 Å². The van der Waals surface area contributed by atoms with E-state index in [1.54, 1.807) is 55.1 Å². The SMILES string of the molecule is COc1c(N2CCN(C3=C4NC(=O)/C(C)=C\C=C\[C@H](C)[C@H](O)[C@@H](C)[C@@H](O)[C@@H](C)[C@H](OC(C)=O)[C@H](C)[C@@H](OC)/C=C/O[C@@]5(C)Oc6c(C)c(O)c(c(c6C5=O)C3=O)C4=O)C(C)C2)c(F)cc2c(=O)c(C(=O)O)cn(C3CC3)c12. The summed E-state index contributed by atoms with van der Waals surface area (Å²) in [5, 5.41) is 47.3. The first-order valence-corrected chi connectivity index (χ1v) is 25.5. The average Bonchev–Trinajstić information content (AvgIpc) is 4.31. The summed E-state index contributed by atoms with van der Waals surface area (Å²) in [5.41, 5.74) is -3.61. The van der Waals surface area contributed by atoms with Crippen LogP contribution in [-0.2, 0) is 23.8 Å². The molecular weight excluding hydrogens is 1000 g/mol. The van der Waals surface area contributed by atoms with Crippen LogP contribution in [0.1, 0.15) is 121 Å². The molecule has 1 amide bonds. The van der Waals surface area contributed by atoms with Gasteiger partial charge in [0.05, 0.1) is 59.3 Å². The van der Waals surface area contributed by atoms with E-state index >= 15 is 14.0 Å². The van der Waals surface area contributed by atoms with E-state index in [1.807, 2.05) is 0 Å². The molecule has 5 N–H and O–H groups in total. The number of aromatic carboxylic acids is 1. The van der Waals surface area contributed by atoms with Gasteiger partial charge in [-0.05, 0) is 45.8 Å². The predicted octanol–water partition coefficient (Wildman–Crippen LogP) is 5.66. The molecule has 412 valence electrons. The van der Waals surface area contributed by atoms with Gasteiger partial charge in [0.25, 0.3) is 11.7 Å². The number of nitrogens with one attached hydrogen (secondary N) is 1. The Morgan fingerprint density at radius 1 is 0.909 bits per heavy atom. The van der Waals surface area contributed by atoms with Gasteiger partial charge in [-0.3, -0.25) is 28.8 Å². The maximum absolute atomic E-state index is 16.6. The number of anilines is 1. The molecule has 0 spiro atoms. The normalized spacial score (nSPS) is 29.8. The Bertz CT molecular complexity index is 3190. The maximum atomic E-state index is 16.6. The minimum Gasteiger partial charge on any atom is -0.507 e. The molecular formula is C56H65FN4O16. The molecule has 10 atom stereocenters. The number of allylic oxidation sites excluding steroid dienone is 4. The summed E-state index contributed by atoms with van der Waals surface area (Å²) in [6, 6.07) is 0.0313. The number of aliphatic hydroxyl groups excluding tert-OH is 2. The Morgan fingerprint density at radius 2 is 1.60 bits per heavy atom. The van der Waals surface area contributed by atoms with Gasteiger partial charge in [0.2, 0.25) is 17.0 Å². The van der Waals surface area contributed by atoms with E-state index in [4.69, 9.17) is 23.7 Å². The number of pyridine rings is 1. The highest BCUT2D eigenvalue weighted by Gasteiger charge is 2.54. The summed E-state index contributed by atoms with van der Waals surface area (Å²) in [5.74, 6) is -12.6. The number of aromatic hydroxyl groups is 1. The molecule has 77 heavy (non-hydrogen) atoms. The third kappa shape index (κ3) is 9.77. The number of methoxy groups -OCH3 is 2. The molecule has 21 heteroatoms.